The van der Waals surface area contributed by atoms with Crippen LogP contribution in [0, 0.1) is 11.8 Å². The minimum Gasteiger partial charge on any atom is -0.481 e. The molecule has 0 saturated carbocycles. The normalized spacial score (nSPS) is 11.6. The van der Waals surface area contributed by atoms with E-state index in [1.165, 1.54) is 0 Å². The third kappa shape index (κ3) is 4.04. The number of benzene rings is 1. The lowest BCUT2D eigenvalue weighted by Gasteiger charge is -2.02. The second kappa shape index (κ2) is 7.85. The second-order valence-electron chi connectivity index (χ2n) is 5.48. The van der Waals surface area contributed by atoms with Gasteiger partial charge in [-0.05, 0) is 29.6 Å². The summed E-state index contributed by atoms with van der Waals surface area (Å²) in [5.74, 6) is 7.43. The maximum atomic E-state index is 12.1. The Bertz CT molecular complexity index is 1000. The summed E-state index contributed by atoms with van der Waals surface area (Å²) >= 11 is 1.58. The number of aromatic nitrogens is 2. The molecule has 7 nitrogen and oxygen atoms in total. The Balaban J connectivity index is 1.23. The Morgan fingerprint density at radius 1 is 1.26 bits per heavy atom. The molecular weight excluding hydrogens is 366 g/mol. The van der Waals surface area contributed by atoms with Crippen LogP contribution in [0.15, 0.2) is 41.8 Å². The van der Waals surface area contributed by atoms with Crippen molar-refractivity contribution in [3.63, 3.8) is 0 Å². The number of carbonyl (C=O) groups excluding carboxylic acids is 1. The van der Waals surface area contributed by atoms with E-state index < -0.39 is 0 Å². The van der Waals surface area contributed by atoms with Crippen LogP contribution < -0.4 is 19.5 Å². The largest absolute Gasteiger partial charge is 0.481 e. The van der Waals surface area contributed by atoms with Crippen LogP contribution in [0.5, 0.6) is 17.2 Å². The average molecular weight is 381 g/mol. The summed E-state index contributed by atoms with van der Waals surface area (Å²) in [7, 11) is 0. The number of nitrogens with zero attached hydrogens (tertiary/aromatic N) is 1. The Kier molecular flexibility index (Phi) is 4.94. The van der Waals surface area contributed by atoms with Crippen molar-refractivity contribution in [1.29, 1.82) is 0 Å². The van der Waals surface area contributed by atoms with Gasteiger partial charge in [0.1, 0.15) is 12.4 Å². The van der Waals surface area contributed by atoms with Crippen LogP contribution in [0.4, 0.5) is 0 Å². The van der Waals surface area contributed by atoms with E-state index in [1.54, 1.807) is 35.6 Å². The van der Waals surface area contributed by atoms with Gasteiger partial charge in [0.15, 0.2) is 17.2 Å². The smallest absolute Gasteiger partial charge is 0.272 e. The second-order valence-corrected chi connectivity index (χ2v) is 6.43. The molecule has 0 aliphatic carbocycles. The molecule has 4 rings (SSSR count). The number of fused-ring (bicyclic) bond motifs is 1. The molecule has 0 spiro atoms. The molecule has 0 unspecified atom stereocenters. The zero-order valence-corrected chi connectivity index (χ0v) is 15.0. The number of amides is 1. The van der Waals surface area contributed by atoms with Crippen molar-refractivity contribution in [2.24, 2.45) is 0 Å². The van der Waals surface area contributed by atoms with E-state index in [9.17, 15) is 4.79 Å². The van der Waals surface area contributed by atoms with Gasteiger partial charge in [-0.1, -0.05) is 17.9 Å². The molecule has 8 heteroatoms. The number of rotatable bonds is 5. The van der Waals surface area contributed by atoms with Crippen molar-refractivity contribution < 1.29 is 19.0 Å². The Morgan fingerprint density at radius 2 is 2.19 bits per heavy atom. The summed E-state index contributed by atoms with van der Waals surface area (Å²) < 4.78 is 16.1. The van der Waals surface area contributed by atoms with Gasteiger partial charge >= 0.3 is 0 Å². The van der Waals surface area contributed by atoms with Crippen LogP contribution >= 0.6 is 11.3 Å². The molecule has 27 heavy (non-hydrogen) atoms. The molecule has 2 aromatic heterocycles. The van der Waals surface area contributed by atoms with Crippen molar-refractivity contribution in [3.8, 4) is 39.7 Å². The van der Waals surface area contributed by atoms with E-state index in [0.717, 1.165) is 10.6 Å². The summed E-state index contributed by atoms with van der Waals surface area (Å²) in [4.78, 5) is 13.1. The first-order chi connectivity index (χ1) is 13.3. The zero-order chi connectivity index (χ0) is 18.5. The van der Waals surface area contributed by atoms with Crippen molar-refractivity contribution in [2.75, 3.05) is 19.9 Å². The molecule has 1 aliphatic heterocycles. The predicted molar refractivity (Wildman–Crippen MR) is 100 cm³/mol. The quantitative estimate of drug-likeness (QED) is 0.664. The van der Waals surface area contributed by atoms with E-state index >= 15 is 0 Å². The number of nitrogens with one attached hydrogen (secondary N) is 2. The van der Waals surface area contributed by atoms with Crippen LogP contribution in [0.3, 0.4) is 0 Å². The first-order valence-electron chi connectivity index (χ1n) is 8.15. The van der Waals surface area contributed by atoms with Crippen LogP contribution in [-0.4, -0.2) is 36.0 Å². The average Bonchev–Trinajstić information content (AvgIpc) is 3.44. The highest BCUT2D eigenvalue weighted by molar-refractivity contribution is 7.13. The molecule has 1 aliphatic rings. The number of hydrogen-bond acceptors (Lipinski definition) is 6. The van der Waals surface area contributed by atoms with Crippen molar-refractivity contribution in [3.05, 3.63) is 47.5 Å². The van der Waals surface area contributed by atoms with Crippen LogP contribution in [-0.2, 0) is 0 Å². The van der Waals surface area contributed by atoms with E-state index in [0.29, 0.717) is 22.9 Å². The lowest BCUT2D eigenvalue weighted by atomic mass is 10.3. The van der Waals surface area contributed by atoms with E-state index in [-0.39, 0.29) is 25.9 Å². The van der Waals surface area contributed by atoms with E-state index in [1.807, 2.05) is 17.5 Å². The SMILES string of the molecule is O=C(NCC#CCOc1ccc2c(c1)OCO2)c1cc(-c2cccs2)[nH]n1. The van der Waals surface area contributed by atoms with Crippen LogP contribution in [0.2, 0.25) is 0 Å². The van der Waals surface area contributed by atoms with Gasteiger partial charge in [-0.15, -0.1) is 11.3 Å². The summed E-state index contributed by atoms with van der Waals surface area (Å²) in [5, 5.41) is 11.6. The molecule has 0 fully saturated rings. The van der Waals surface area contributed by atoms with Gasteiger partial charge in [-0.2, -0.15) is 5.10 Å². The third-order valence-electron chi connectivity index (χ3n) is 3.71. The first-order valence-corrected chi connectivity index (χ1v) is 9.03. The molecule has 0 bridgehead atoms. The number of ether oxygens (including phenoxy) is 3. The van der Waals surface area contributed by atoms with E-state index in [4.69, 9.17) is 14.2 Å². The van der Waals surface area contributed by atoms with Crippen LogP contribution in [0.25, 0.3) is 10.6 Å². The third-order valence-corrected chi connectivity index (χ3v) is 4.62. The molecule has 3 aromatic rings. The van der Waals surface area contributed by atoms with Gasteiger partial charge in [0, 0.05) is 6.07 Å². The molecule has 2 N–H and O–H groups in total. The number of aromatic amines is 1. The highest BCUT2D eigenvalue weighted by Crippen LogP contribution is 2.34. The van der Waals surface area contributed by atoms with Gasteiger partial charge in [-0.25, -0.2) is 0 Å². The lowest BCUT2D eigenvalue weighted by Crippen LogP contribution is -2.24. The fraction of sp³-hybridized carbons (Fsp3) is 0.158. The molecule has 0 saturated heterocycles. The Hall–Kier alpha value is -3.44. The summed E-state index contributed by atoms with van der Waals surface area (Å²) in [5.41, 5.74) is 1.15. The number of thiophene rings is 1. The highest BCUT2D eigenvalue weighted by Gasteiger charge is 2.13. The maximum absolute atomic E-state index is 12.1. The summed E-state index contributed by atoms with van der Waals surface area (Å²) in [6.07, 6.45) is 0. The standard InChI is InChI=1S/C19H15N3O4S/c23-19(15-11-14(21-22-15)18-4-3-9-27-18)20-7-1-2-8-24-13-5-6-16-17(10-13)26-12-25-16/h3-6,9-11H,7-8,12H2,(H,20,23)(H,21,22). The lowest BCUT2D eigenvalue weighted by molar-refractivity contribution is 0.0953. The fourth-order valence-electron chi connectivity index (χ4n) is 2.41. The number of H-pyrrole nitrogens is 1. The molecule has 1 amide bonds. The monoisotopic (exact) mass is 381 g/mol. The molecule has 0 atom stereocenters. The van der Waals surface area contributed by atoms with Gasteiger partial charge in [-0.3, -0.25) is 9.89 Å². The van der Waals surface area contributed by atoms with Gasteiger partial charge < -0.3 is 19.5 Å². The van der Waals surface area contributed by atoms with Gasteiger partial charge in [0.25, 0.3) is 5.91 Å². The minimum absolute atomic E-state index is 0.209. The fourth-order valence-corrected chi connectivity index (χ4v) is 3.10. The number of hydrogen-bond donors (Lipinski definition) is 2. The zero-order valence-electron chi connectivity index (χ0n) is 14.2. The van der Waals surface area contributed by atoms with Gasteiger partial charge in [0.2, 0.25) is 6.79 Å². The predicted octanol–water partition coefficient (Wildman–Crippen LogP) is 2.68. The van der Waals surface area contributed by atoms with Gasteiger partial charge in [0.05, 0.1) is 17.1 Å². The topological polar surface area (TPSA) is 85.5 Å². The maximum Gasteiger partial charge on any atom is 0.272 e. The molecule has 0 radical (unpaired) electrons. The van der Waals surface area contributed by atoms with Crippen LogP contribution in [0.1, 0.15) is 10.5 Å². The molecule has 3 heterocycles. The minimum atomic E-state index is -0.278. The van der Waals surface area contributed by atoms with Crippen molar-refractivity contribution in [1.82, 2.24) is 15.5 Å². The highest BCUT2D eigenvalue weighted by atomic mass is 32.1. The number of carbonyl (C=O) groups is 1. The summed E-state index contributed by atoms with van der Waals surface area (Å²) in [6, 6.07) is 11.0. The molecular formula is C19H15N3O4S. The first kappa shape index (κ1) is 17.0. The molecule has 1 aromatic carbocycles. The molecule has 136 valence electrons. The van der Waals surface area contributed by atoms with E-state index in [2.05, 4.69) is 27.4 Å². The Morgan fingerprint density at radius 3 is 3.07 bits per heavy atom. The summed E-state index contributed by atoms with van der Waals surface area (Å²) in [6.45, 7) is 0.647. The van der Waals surface area contributed by atoms with Crippen molar-refractivity contribution >= 4 is 17.2 Å². The van der Waals surface area contributed by atoms with Crippen molar-refractivity contribution in [2.45, 2.75) is 0 Å². The Labute approximate surface area is 159 Å².